The summed E-state index contributed by atoms with van der Waals surface area (Å²) >= 11 is 30.5. The van der Waals surface area contributed by atoms with E-state index < -0.39 is 40.7 Å². The van der Waals surface area contributed by atoms with E-state index in [2.05, 4.69) is 5.32 Å². The van der Waals surface area contributed by atoms with Gasteiger partial charge in [-0.2, -0.15) is 13.2 Å². The van der Waals surface area contributed by atoms with E-state index in [1.165, 1.54) is 18.2 Å². The second-order valence-corrected chi connectivity index (χ2v) is 9.54. The number of carbonyl (C=O) groups is 2. The molecule has 2 aromatic rings. The molecular formula is C19H12Cl5F3N2O2. The maximum Gasteiger partial charge on any atom is 0.405 e. The number of hydrogen-bond donors (Lipinski definition) is 2. The van der Waals surface area contributed by atoms with E-state index in [-0.39, 0.29) is 16.3 Å². The average Bonchev–Trinajstić information content (AvgIpc) is 3.22. The molecule has 0 aliphatic heterocycles. The Hall–Kier alpha value is -1.38. The summed E-state index contributed by atoms with van der Waals surface area (Å²) in [5, 5.41) is 4.89. The lowest BCUT2D eigenvalue weighted by molar-refractivity contribution is -0.123. The lowest BCUT2D eigenvalue weighted by Gasteiger charge is -2.11. The van der Waals surface area contributed by atoms with Gasteiger partial charge < -0.3 is 10.6 Å². The SMILES string of the molecule is O=C(NCC(F)(F)F)c1cc(NC(=O)[C@H]2[C@H](c3cc(Cl)cc(Cl)c3)C2(Cl)Cl)ccc1Cl. The minimum absolute atomic E-state index is 0.0837. The number of carbonyl (C=O) groups excluding carboxylic acids is 2. The summed E-state index contributed by atoms with van der Waals surface area (Å²) in [6.45, 7) is -1.52. The fraction of sp³-hybridized carbons (Fsp3) is 0.263. The van der Waals surface area contributed by atoms with Gasteiger partial charge in [0.05, 0.1) is 16.5 Å². The fourth-order valence-electron chi connectivity index (χ4n) is 3.10. The van der Waals surface area contributed by atoms with Crippen LogP contribution in [0.3, 0.4) is 0 Å². The van der Waals surface area contributed by atoms with E-state index in [1.807, 2.05) is 0 Å². The minimum Gasteiger partial charge on any atom is -0.343 e. The molecule has 0 saturated heterocycles. The van der Waals surface area contributed by atoms with Crippen LogP contribution in [-0.2, 0) is 4.79 Å². The fourth-order valence-corrected chi connectivity index (χ4v) is 4.67. The first-order valence-electron chi connectivity index (χ1n) is 8.59. The molecule has 166 valence electrons. The van der Waals surface area contributed by atoms with E-state index in [0.29, 0.717) is 15.6 Å². The van der Waals surface area contributed by atoms with Gasteiger partial charge in [0.2, 0.25) is 5.91 Å². The molecule has 1 aliphatic carbocycles. The Morgan fingerprint density at radius 3 is 2.19 bits per heavy atom. The van der Waals surface area contributed by atoms with Gasteiger partial charge in [0.25, 0.3) is 5.91 Å². The van der Waals surface area contributed by atoms with Gasteiger partial charge in [0.15, 0.2) is 0 Å². The average molecular weight is 535 g/mol. The van der Waals surface area contributed by atoms with Crippen molar-refractivity contribution in [1.82, 2.24) is 5.32 Å². The Labute approximate surface area is 199 Å². The molecule has 0 radical (unpaired) electrons. The molecule has 2 N–H and O–H groups in total. The molecule has 0 aromatic heterocycles. The molecule has 0 unspecified atom stereocenters. The quantitative estimate of drug-likeness (QED) is 0.433. The van der Waals surface area contributed by atoms with Gasteiger partial charge in [-0.05, 0) is 42.0 Å². The van der Waals surface area contributed by atoms with Crippen molar-refractivity contribution in [3.63, 3.8) is 0 Å². The van der Waals surface area contributed by atoms with Gasteiger partial charge >= 0.3 is 6.18 Å². The van der Waals surface area contributed by atoms with Crippen molar-refractivity contribution < 1.29 is 22.8 Å². The van der Waals surface area contributed by atoms with Crippen LogP contribution in [0.4, 0.5) is 18.9 Å². The summed E-state index contributed by atoms with van der Waals surface area (Å²) in [5.41, 5.74) is 0.470. The van der Waals surface area contributed by atoms with Crippen LogP contribution in [0.1, 0.15) is 21.8 Å². The first-order valence-corrected chi connectivity index (χ1v) is 10.5. The van der Waals surface area contributed by atoms with E-state index in [4.69, 9.17) is 58.0 Å². The van der Waals surface area contributed by atoms with Gasteiger partial charge in [-0.15, -0.1) is 23.2 Å². The highest BCUT2D eigenvalue weighted by atomic mass is 35.5. The highest BCUT2D eigenvalue weighted by Gasteiger charge is 2.67. The van der Waals surface area contributed by atoms with E-state index in [9.17, 15) is 22.8 Å². The van der Waals surface area contributed by atoms with Crippen LogP contribution in [0.25, 0.3) is 0 Å². The first-order chi connectivity index (χ1) is 14.3. The number of alkyl halides is 5. The van der Waals surface area contributed by atoms with E-state index in [0.717, 1.165) is 6.07 Å². The van der Waals surface area contributed by atoms with Crippen LogP contribution in [0.2, 0.25) is 15.1 Å². The molecule has 1 saturated carbocycles. The van der Waals surface area contributed by atoms with Crippen molar-refractivity contribution >= 4 is 75.5 Å². The van der Waals surface area contributed by atoms with Crippen LogP contribution < -0.4 is 10.6 Å². The first kappa shape index (κ1) is 24.3. The molecule has 4 nitrogen and oxygen atoms in total. The third kappa shape index (κ3) is 5.71. The minimum atomic E-state index is -4.58. The Balaban J connectivity index is 1.75. The monoisotopic (exact) mass is 532 g/mol. The van der Waals surface area contributed by atoms with E-state index in [1.54, 1.807) is 17.4 Å². The van der Waals surface area contributed by atoms with Crippen LogP contribution in [-0.4, -0.2) is 28.9 Å². The molecular weight excluding hydrogens is 522 g/mol. The van der Waals surface area contributed by atoms with Gasteiger partial charge in [-0.1, -0.05) is 34.8 Å². The van der Waals surface area contributed by atoms with Crippen LogP contribution >= 0.6 is 58.0 Å². The predicted molar refractivity (Wildman–Crippen MR) is 116 cm³/mol. The maximum absolute atomic E-state index is 12.7. The Morgan fingerprint density at radius 2 is 1.61 bits per heavy atom. The summed E-state index contributed by atoms with van der Waals surface area (Å²) < 4.78 is 35.6. The molecule has 0 spiro atoms. The lowest BCUT2D eigenvalue weighted by atomic mass is 10.1. The van der Waals surface area contributed by atoms with Crippen molar-refractivity contribution in [3.8, 4) is 0 Å². The summed E-state index contributed by atoms with van der Waals surface area (Å²) in [6, 6.07) is 8.53. The van der Waals surface area contributed by atoms with Gasteiger partial charge in [-0.25, -0.2) is 0 Å². The van der Waals surface area contributed by atoms with Crippen molar-refractivity contribution in [2.45, 2.75) is 16.4 Å². The molecule has 1 fully saturated rings. The number of halogens is 8. The number of hydrogen-bond acceptors (Lipinski definition) is 2. The number of benzene rings is 2. The molecule has 3 rings (SSSR count). The molecule has 0 heterocycles. The van der Waals surface area contributed by atoms with Crippen LogP contribution in [0.5, 0.6) is 0 Å². The molecule has 1 aliphatic rings. The largest absolute Gasteiger partial charge is 0.405 e. The van der Waals surface area contributed by atoms with Crippen LogP contribution in [0.15, 0.2) is 36.4 Å². The highest BCUT2D eigenvalue weighted by Crippen LogP contribution is 2.65. The molecule has 12 heteroatoms. The lowest BCUT2D eigenvalue weighted by Crippen LogP contribution is -2.33. The number of anilines is 1. The zero-order chi connectivity index (χ0) is 23.1. The summed E-state index contributed by atoms with van der Waals surface area (Å²) in [7, 11) is 0. The van der Waals surface area contributed by atoms with Crippen molar-refractivity contribution in [2.24, 2.45) is 5.92 Å². The topological polar surface area (TPSA) is 58.2 Å². The third-order valence-electron chi connectivity index (χ3n) is 4.51. The number of rotatable bonds is 5. The Kier molecular flexibility index (Phi) is 6.94. The van der Waals surface area contributed by atoms with Crippen molar-refractivity contribution in [2.75, 3.05) is 11.9 Å². The zero-order valence-corrected chi connectivity index (χ0v) is 18.9. The molecule has 2 aromatic carbocycles. The van der Waals surface area contributed by atoms with Crippen molar-refractivity contribution in [3.05, 3.63) is 62.6 Å². The second-order valence-electron chi connectivity index (χ2n) is 6.81. The Morgan fingerprint density at radius 1 is 1.00 bits per heavy atom. The third-order valence-corrected chi connectivity index (χ3v) is 6.21. The Bertz CT molecular complexity index is 1030. The predicted octanol–water partition coefficient (Wildman–Crippen LogP) is 6.46. The number of nitrogens with one attached hydrogen (secondary N) is 2. The zero-order valence-electron chi connectivity index (χ0n) is 15.2. The maximum atomic E-state index is 12.7. The summed E-state index contributed by atoms with van der Waals surface area (Å²) in [4.78, 5) is 24.8. The smallest absolute Gasteiger partial charge is 0.343 e. The summed E-state index contributed by atoms with van der Waals surface area (Å²) in [6.07, 6.45) is -4.58. The van der Waals surface area contributed by atoms with Gasteiger partial charge in [0, 0.05) is 21.7 Å². The second kappa shape index (κ2) is 8.87. The molecule has 31 heavy (non-hydrogen) atoms. The molecule has 2 amide bonds. The van der Waals surface area contributed by atoms with Gasteiger partial charge in [-0.3, -0.25) is 9.59 Å². The van der Waals surface area contributed by atoms with E-state index >= 15 is 0 Å². The molecule has 0 bridgehead atoms. The highest BCUT2D eigenvalue weighted by molar-refractivity contribution is 6.53. The van der Waals surface area contributed by atoms with Crippen LogP contribution in [0, 0.1) is 5.92 Å². The molecule has 2 atom stereocenters. The van der Waals surface area contributed by atoms with Crippen molar-refractivity contribution in [1.29, 1.82) is 0 Å². The van der Waals surface area contributed by atoms with Gasteiger partial charge in [0.1, 0.15) is 10.9 Å². The summed E-state index contributed by atoms with van der Waals surface area (Å²) in [5.74, 6) is -3.05. The number of amides is 2. The normalized spacial score (nSPS) is 19.6. The standard InChI is InChI=1S/C19H12Cl5F3N2O2/c20-9-3-8(4-10(21)5-9)14-15(19(14,23)24)17(31)29-11-1-2-13(22)12(6-11)16(30)28-7-18(25,26)27/h1-6,14-15H,7H2,(H,28,30)(H,29,31)/t14-,15+/m0/s1.